The van der Waals surface area contributed by atoms with Crippen molar-refractivity contribution in [3.63, 3.8) is 0 Å². The molecule has 5 nitrogen and oxygen atoms in total. The summed E-state index contributed by atoms with van der Waals surface area (Å²) in [4.78, 5) is 14.7. The van der Waals surface area contributed by atoms with Crippen LogP contribution in [0.15, 0.2) is 10.7 Å². The molecule has 1 aromatic rings. The Morgan fingerprint density at radius 3 is 3.12 bits per heavy atom. The lowest BCUT2D eigenvalue weighted by Crippen LogP contribution is -2.21. The number of carbonyl (C=O) groups is 1. The summed E-state index contributed by atoms with van der Waals surface area (Å²) in [5.74, 6) is -0.164. The highest BCUT2D eigenvalue weighted by Gasteiger charge is 2.17. The molecular weight excluding hydrogens is 222 g/mol. The Balaban J connectivity index is 1.82. The lowest BCUT2D eigenvalue weighted by atomic mass is 10.1. The molecule has 1 saturated heterocycles. The first-order chi connectivity index (χ1) is 8.24. The fraction of sp³-hybridized carbons (Fsp3) is 0.667. The molecule has 0 aliphatic carbocycles. The van der Waals surface area contributed by atoms with Crippen LogP contribution in [-0.4, -0.2) is 28.8 Å². The standard InChI is InChI=1S/C12H17NO4/c14-12(15)5-4-9-8-17-11(13-9)7-10-3-1-2-6-16-10/h8,10H,1-7H2,(H,14,15). The minimum Gasteiger partial charge on any atom is -0.481 e. The number of oxazole rings is 1. The second-order valence-electron chi connectivity index (χ2n) is 4.32. The fourth-order valence-corrected chi connectivity index (χ4v) is 1.96. The van der Waals surface area contributed by atoms with E-state index in [-0.39, 0.29) is 12.5 Å². The predicted molar refractivity (Wildman–Crippen MR) is 59.8 cm³/mol. The molecule has 0 saturated carbocycles. The van der Waals surface area contributed by atoms with Gasteiger partial charge in [-0.2, -0.15) is 0 Å². The molecule has 1 atom stereocenters. The van der Waals surface area contributed by atoms with Gasteiger partial charge in [-0.3, -0.25) is 4.79 Å². The third-order valence-corrected chi connectivity index (χ3v) is 2.87. The summed E-state index contributed by atoms with van der Waals surface area (Å²) in [6, 6.07) is 0. The summed E-state index contributed by atoms with van der Waals surface area (Å²) in [7, 11) is 0. The third-order valence-electron chi connectivity index (χ3n) is 2.87. The SMILES string of the molecule is O=C(O)CCc1coc(CC2CCCCO2)n1. The maximum Gasteiger partial charge on any atom is 0.303 e. The maximum absolute atomic E-state index is 10.4. The molecule has 1 N–H and O–H groups in total. The van der Waals surface area contributed by atoms with E-state index in [2.05, 4.69) is 4.98 Å². The van der Waals surface area contributed by atoms with Gasteiger partial charge in [-0.1, -0.05) is 0 Å². The number of aromatic nitrogens is 1. The number of ether oxygens (including phenoxy) is 1. The molecule has 0 amide bonds. The van der Waals surface area contributed by atoms with Gasteiger partial charge in [-0.25, -0.2) is 4.98 Å². The van der Waals surface area contributed by atoms with Crippen molar-refractivity contribution in [2.75, 3.05) is 6.61 Å². The van der Waals surface area contributed by atoms with Crippen LogP contribution in [0.2, 0.25) is 0 Å². The van der Waals surface area contributed by atoms with Gasteiger partial charge in [0, 0.05) is 13.0 Å². The van der Waals surface area contributed by atoms with E-state index in [9.17, 15) is 4.79 Å². The Morgan fingerprint density at radius 1 is 1.53 bits per heavy atom. The average Bonchev–Trinajstić information content (AvgIpc) is 2.75. The highest BCUT2D eigenvalue weighted by molar-refractivity contribution is 5.66. The lowest BCUT2D eigenvalue weighted by molar-refractivity contribution is -0.136. The van der Waals surface area contributed by atoms with E-state index in [0.717, 1.165) is 19.4 Å². The van der Waals surface area contributed by atoms with Gasteiger partial charge in [0.25, 0.3) is 0 Å². The highest BCUT2D eigenvalue weighted by atomic mass is 16.5. The monoisotopic (exact) mass is 239 g/mol. The summed E-state index contributed by atoms with van der Waals surface area (Å²) in [5.41, 5.74) is 0.707. The second kappa shape index (κ2) is 5.82. The van der Waals surface area contributed by atoms with Gasteiger partial charge in [-0.05, 0) is 19.3 Å². The molecule has 0 aromatic carbocycles. The number of carboxylic acid groups (broad SMARTS) is 1. The second-order valence-corrected chi connectivity index (χ2v) is 4.32. The first-order valence-electron chi connectivity index (χ1n) is 6.00. The molecule has 17 heavy (non-hydrogen) atoms. The van der Waals surface area contributed by atoms with E-state index in [1.54, 1.807) is 6.26 Å². The maximum atomic E-state index is 10.4. The van der Waals surface area contributed by atoms with Crippen LogP contribution in [0, 0.1) is 0 Å². The van der Waals surface area contributed by atoms with Gasteiger partial charge in [0.2, 0.25) is 0 Å². The fourth-order valence-electron chi connectivity index (χ4n) is 1.96. The van der Waals surface area contributed by atoms with Gasteiger partial charge in [0.15, 0.2) is 5.89 Å². The molecule has 94 valence electrons. The molecule has 1 aromatic heterocycles. The summed E-state index contributed by atoms with van der Waals surface area (Å²) >= 11 is 0. The van der Waals surface area contributed by atoms with Gasteiger partial charge in [-0.15, -0.1) is 0 Å². The van der Waals surface area contributed by atoms with Crippen molar-refractivity contribution in [1.29, 1.82) is 0 Å². The van der Waals surface area contributed by atoms with Crippen molar-refractivity contribution >= 4 is 5.97 Å². The van der Waals surface area contributed by atoms with Gasteiger partial charge < -0.3 is 14.3 Å². The largest absolute Gasteiger partial charge is 0.481 e. The van der Waals surface area contributed by atoms with Crippen molar-refractivity contribution < 1.29 is 19.1 Å². The molecule has 2 rings (SSSR count). The van der Waals surface area contributed by atoms with Crippen LogP contribution >= 0.6 is 0 Å². The lowest BCUT2D eigenvalue weighted by Gasteiger charge is -2.20. The number of carboxylic acids is 1. The van der Waals surface area contributed by atoms with Crippen LogP contribution in [0.3, 0.4) is 0 Å². The van der Waals surface area contributed by atoms with E-state index < -0.39 is 5.97 Å². The van der Waals surface area contributed by atoms with Crippen molar-refractivity contribution in [2.24, 2.45) is 0 Å². The number of aryl methyl sites for hydroxylation is 1. The molecule has 1 aliphatic rings. The van der Waals surface area contributed by atoms with Crippen LogP contribution in [0.1, 0.15) is 37.3 Å². The predicted octanol–water partition coefficient (Wildman–Crippen LogP) is 1.80. The zero-order chi connectivity index (χ0) is 12.1. The smallest absolute Gasteiger partial charge is 0.303 e. The highest BCUT2D eigenvalue weighted by Crippen LogP contribution is 2.17. The van der Waals surface area contributed by atoms with E-state index in [1.807, 2.05) is 0 Å². The Morgan fingerprint density at radius 2 is 2.41 bits per heavy atom. The summed E-state index contributed by atoms with van der Waals surface area (Å²) in [6.07, 6.45) is 6.32. The topological polar surface area (TPSA) is 72.6 Å². The summed E-state index contributed by atoms with van der Waals surface area (Å²) < 4.78 is 10.9. The van der Waals surface area contributed by atoms with Crippen LogP contribution in [0.4, 0.5) is 0 Å². The average molecular weight is 239 g/mol. The minimum absolute atomic E-state index is 0.0892. The number of hydrogen-bond acceptors (Lipinski definition) is 4. The van der Waals surface area contributed by atoms with Crippen molar-refractivity contribution in [1.82, 2.24) is 4.98 Å². The summed E-state index contributed by atoms with van der Waals surface area (Å²) in [5, 5.41) is 8.56. The first-order valence-corrected chi connectivity index (χ1v) is 6.00. The Labute approximate surface area is 99.8 Å². The molecule has 1 aliphatic heterocycles. The molecule has 0 radical (unpaired) electrons. The van der Waals surface area contributed by atoms with Gasteiger partial charge in [0.05, 0.1) is 24.6 Å². The third kappa shape index (κ3) is 3.85. The molecule has 1 fully saturated rings. The van der Waals surface area contributed by atoms with Gasteiger partial charge in [0.1, 0.15) is 6.26 Å². The molecule has 1 unspecified atom stereocenters. The Hall–Kier alpha value is -1.36. The normalized spacial score (nSPS) is 20.4. The number of nitrogens with zero attached hydrogens (tertiary/aromatic N) is 1. The number of hydrogen-bond donors (Lipinski definition) is 1. The number of rotatable bonds is 5. The first kappa shape index (κ1) is 12.1. The van der Waals surface area contributed by atoms with Crippen LogP contribution in [-0.2, 0) is 22.4 Å². The Bertz CT molecular complexity index is 368. The van der Waals surface area contributed by atoms with E-state index in [4.69, 9.17) is 14.3 Å². The van der Waals surface area contributed by atoms with Crippen molar-refractivity contribution in [3.05, 3.63) is 17.8 Å². The quantitative estimate of drug-likeness (QED) is 0.848. The number of aliphatic carboxylic acids is 1. The Kier molecular flexibility index (Phi) is 4.14. The van der Waals surface area contributed by atoms with E-state index in [1.165, 1.54) is 6.42 Å². The summed E-state index contributed by atoms with van der Waals surface area (Å²) in [6.45, 7) is 0.817. The zero-order valence-electron chi connectivity index (χ0n) is 9.72. The van der Waals surface area contributed by atoms with Crippen LogP contribution < -0.4 is 0 Å². The van der Waals surface area contributed by atoms with Gasteiger partial charge >= 0.3 is 5.97 Å². The van der Waals surface area contributed by atoms with Crippen molar-refractivity contribution in [3.8, 4) is 0 Å². The zero-order valence-corrected chi connectivity index (χ0v) is 9.72. The van der Waals surface area contributed by atoms with Crippen LogP contribution in [0.25, 0.3) is 0 Å². The van der Waals surface area contributed by atoms with E-state index in [0.29, 0.717) is 24.4 Å². The minimum atomic E-state index is -0.815. The molecule has 5 heteroatoms. The van der Waals surface area contributed by atoms with Crippen molar-refractivity contribution in [2.45, 2.75) is 44.6 Å². The molecule has 0 spiro atoms. The molecular formula is C12H17NO4. The van der Waals surface area contributed by atoms with Crippen LogP contribution in [0.5, 0.6) is 0 Å². The molecule has 0 bridgehead atoms. The van der Waals surface area contributed by atoms with E-state index >= 15 is 0 Å². The molecule has 2 heterocycles.